The third-order valence-corrected chi connectivity index (χ3v) is 6.50. The van der Waals surface area contributed by atoms with Crippen molar-refractivity contribution < 1.29 is 14.3 Å². The molecule has 1 atom stereocenters. The number of aromatic amines is 1. The first kappa shape index (κ1) is 22.1. The number of ether oxygens (including phenoxy) is 2. The normalized spacial score (nSPS) is 15.6. The van der Waals surface area contributed by atoms with Gasteiger partial charge in [0.15, 0.2) is 0 Å². The van der Waals surface area contributed by atoms with Crippen molar-refractivity contribution in [3.63, 3.8) is 0 Å². The minimum Gasteiger partial charge on any atom is -0.496 e. The molecule has 1 fully saturated rings. The number of H-pyrrole nitrogens is 1. The average Bonchev–Trinajstić information content (AvgIpc) is 3.09. The number of rotatable bonds is 6. The number of amides is 1. The Morgan fingerprint density at radius 1 is 1.38 bits per heavy atom. The molecule has 4 heterocycles. The van der Waals surface area contributed by atoms with Gasteiger partial charge in [0.25, 0.3) is 11.5 Å². The summed E-state index contributed by atoms with van der Waals surface area (Å²) in [6.07, 6.45) is 3.74. The number of nitrogens with zero attached hydrogens (tertiary/aromatic N) is 2. The fourth-order valence-corrected chi connectivity index (χ4v) is 4.79. The molecule has 1 aliphatic rings. The number of nitrogens with one attached hydrogen (secondary N) is 2. The van der Waals surface area contributed by atoms with Crippen LogP contribution in [0.3, 0.4) is 0 Å². The summed E-state index contributed by atoms with van der Waals surface area (Å²) in [6, 6.07) is 5.50. The summed E-state index contributed by atoms with van der Waals surface area (Å²) in [5.41, 5.74) is 4.16. The standard InChI is InChI=1S/C24H30N4O4/c1-14-12-20(31-4)18(23(29)27-14)13-25-24(30)21-16(3)22(28-19(21)6-5-9-26-28)15(2)17-7-10-32-11-8-17/h5-6,9,12,15,17H,7-8,10-11,13H2,1-4H3,(H,25,30)(H,27,29). The predicted octanol–water partition coefficient (Wildman–Crippen LogP) is 3.11. The van der Waals surface area contributed by atoms with Gasteiger partial charge in [-0.1, -0.05) is 6.92 Å². The number of carbonyl (C=O) groups is 1. The largest absolute Gasteiger partial charge is 0.496 e. The van der Waals surface area contributed by atoms with Crippen LogP contribution < -0.4 is 15.6 Å². The van der Waals surface area contributed by atoms with Gasteiger partial charge < -0.3 is 19.8 Å². The fourth-order valence-electron chi connectivity index (χ4n) is 4.79. The van der Waals surface area contributed by atoms with Gasteiger partial charge in [-0.15, -0.1) is 0 Å². The minimum absolute atomic E-state index is 0.0690. The lowest BCUT2D eigenvalue weighted by atomic mass is 9.84. The predicted molar refractivity (Wildman–Crippen MR) is 121 cm³/mol. The molecule has 8 heteroatoms. The molecule has 4 rings (SSSR count). The lowest BCUT2D eigenvalue weighted by Crippen LogP contribution is -2.28. The molecule has 8 nitrogen and oxygen atoms in total. The van der Waals surface area contributed by atoms with Crippen LogP contribution in [0.5, 0.6) is 5.75 Å². The van der Waals surface area contributed by atoms with E-state index in [1.54, 1.807) is 19.2 Å². The lowest BCUT2D eigenvalue weighted by Gasteiger charge is -2.28. The van der Waals surface area contributed by atoms with Crippen molar-refractivity contribution >= 4 is 11.4 Å². The SMILES string of the molecule is COc1cc(C)[nH]c(=O)c1CNC(=O)c1c(C)c(C(C)C2CCOCC2)n2ncccc12. The summed E-state index contributed by atoms with van der Waals surface area (Å²) in [5.74, 6) is 0.942. The number of pyridine rings is 1. The number of hydrogen-bond acceptors (Lipinski definition) is 5. The van der Waals surface area contributed by atoms with Crippen molar-refractivity contribution in [2.75, 3.05) is 20.3 Å². The van der Waals surface area contributed by atoms with E-state index in [2.05, 4.69) is 22.3 Å². The van der Waals surface area contributed by atoms with Crippen molar-refractivity contribution in [1.82, 2.24) is 19.9 Å². The monoisotopic (exact) mass is 438 g/mol. The Morgan fingerprint density at radius 2 is 2.12 bits per heavy atom. The van der Waals surface area contributed by atoms with E-state index in [0.717, 1.165) is 42.8 Å². The highest BCUT2D eigenvalue weighted by atomic mass is 16.5. The zero-order valence-corrected chi connectivity index (χ0v) is 19.0. The van der Waals surface area contributed by atoms with Gasteiger partial charge in [0.2, 0.25) is 0 Å². The van der Waals surface area contributed by atoms with Crippen LogP contribution in [0.25, 0.3) is 5.52 Å². The Balaban J connectivity index is 1.67. The molecule has 1 saturated heterocycles. The first-order chi connectivity index (χ1) is 15.4. The highest BCUT2D eigenvalue weighted by Gasteiger charge is 2.29. The second-order valence-corrected chi connectivity index (χ2v) is 8.46. The van der Waals surface area contributed by atoms with E-state index in [1.165, 1.54) is 7.11 Å². The maximum atomic E-state index is 13.3. The van der Waals surface area contributed by atoms with Crippen LogP contribution in [0.4, 0.5) is 0 Å². The van der Waals surface area contributed by atoms with Crippen LogP contribution in [0.2, 0.25) is 0 Å². The number of fused-ring (bicyclic) bond motifs is 1. The van der Waals surface area contributed by atoms with E-state index in [9.17, 15) is 9.59 Å². The summed E-state index contributed by atoms with van der Waals surface area (Å²) >= 11 is 0. The number of methoxy groups -OCH3 is 1. The molecule has 0 saturated carbocycles. The Kier molecular flexibility index (Phi) is 6.32. The van der Waals surface area contributed by atoms with Gasteiger partial charge >= 0.3 is 0 Å². The number of carbonyl (C=O) groups excluding carboxylic acids is 1. The highest BCUT2D eigenvalue weighted by Crippen LogP contribution is 2.36. The zero-order valence-electron chi connectivity index (χ0n) is 19.0. The molecule has 0 aliphatic carbocycles. The van der Waals surface area contributed by atoms with E-state index >= 15 is 0 Å². The number of aryl methyl sites for hydroxylation is 1. The van der Waals surface area contributed by atoms with E-state index in [4.69, 9.17) is 9.47 Å². The van der Waals surface area contributed by atoms with E-state index in [0.29, 0.717) is 28.5 Å². The quantitative estimate of drug-likeness (QED) is 0.616. The zero-order chi connectivity index (χ0) is 22.8. The molecule has 1 aliphatic heterocycles. The second-order valence-electron chi connectivity index (χ2n) is 8.46. The molecule has 0 spiro atoms. The van der Waals surface area contributed by atoms with Gasteiger partial charge in [0.05, 0.1) is 30.3 Å². The average molecular weight is 439 g/mol. The first-order valence-corrected chi connectivity index (χ1v) is 11.0. The molecule has 3 aromatic rings. The molecule has 1 unspecified atom stereocenters. The lowest BCUT2D eigenvalue weighted by molar-refractivity contribution is 0.0590. The highest BCUT2D eigenvalue weighted by molar-refractivity contribution is 6.03. The summed E-state index contributed by atoms with van der Waals surface area (Å²) in [6.45, 7) is 7.58. The van der Waals surface area contributed by atoms with E-state index < -0.39 is 0 Å². The van der Waals surface area contributed by atoms with E-state index in [-0.39, 0.29) is 23.9 Å². The molecule has 170 valence electrons. The minimum atomic E-state index is -0.267. The van der Waals surface area contributed by atoms with Crippen molar-refractivity contribution in [2.45, 2.75) is 46.1 Å². The summed E-state index contributed by atoms with van der Waals surface area (Å²) in [5, 5.41) is 7.48. The topological polar surface area (TPSA) is 97.7 Å². The number of aromatic nitrogens is 3. The molecule has 1 amide bonds. The van der Waals surface area contributed by atoms with Gasteiger partial charge in [0, 0.05) is 36.7 Å². The Hall–Kier alpha value is -3.13. The molecule has 0 aromatic carbocycles. The van der Waals surface area contributed by atoms with Crippen molar-refractivity contribution in [3.05, 3.63) is 62.8 Å². The second kappa shape index (κ2) is 9.16. The molecule has 0 radical (unpaired) electrons. The van der Waals surface area contributed by atoms with Gasteiger partial charge in [-0.3, -0.25) is 9.59 Å². The third-order valence-electron chi connectivity index (χ3n) is 6.50. The summed E-state index contributed by atoms with van der Waals surface area (Å²) in [7, 11) is 1.51. The van der Waals surface area contributed by atoms with Crippen molar-refractivity contribution in [2.24, 2.45) is 5.92 Å². The molecular formula is C24H30N4O4. The summed E-state index contributed by atoms with van der Waals surface area (Å²) < 4.78 is 12.8. The maximum absolute atomic E-state index is 13.3. The molecule has 2 N–H and O–H groups in total. The fraction of sp³-hybridized carbons (Fsp3) is 0.458. The first-order valence-electron chi connectivity index (χ1n) is 11.0. The molecule has 32 heavy (non-hydrogen) atoms. The number of hydrogen-bond donors (Lipinski definition) is 2. The van der Waals surface area contributed by atoms with Crippen LogP contribution in [-0.2, 0) is 11.3 Å². The van der Waals surface area contributed by atoms with Crippen molar-refractivity contribution in [3.8, 4) is 5.75 Å². The van der Waals surface area contributed by atoms with Crippen LogP contribution in [0.1, 0.15) is 58.6 Å². The molecular weight excluding hydrogens is 408 g/mol. The van der Waals surface area contributed by atoms with Crippen LogP contribution >= 0.6 is 0 Å². The van der Waals surface area contributed by atoms with Gasteiger partial charge in [-0.25, -0.2) is 4.52 Å². The van der Waals surface area contributed by atoms with Gasteiger partial charge in [-0.05, 0) is 56.4 Å². The van der Waals surface area contributed by atoms with Gasteiger partial charge in [-0.2, -0.15) is 5.10 Å². The van der Waals surface area contributed by atoms with Crippen LogP contribution in [0, 0.1) is 19.8 Å². The smallest absolute Gasteiger partial charge is 0.256 e. The Morgan fingerprint density at radius 3 is 2.84 bits per heavy atom. The Bertz CT molecular complexity index is 1190. The van der Waals surface area contributed by atoms with Crippen LogP contribution in [0.15, 0.2) is 29.2 Å². The molecule has 0 bridgehead atoms. The summed E-state index contributed by atoms with van der Waals surface area (Å²) in [4.78, 5) is 28.5. The maximum Gasteiger partial charge on any atom is 0.256 e. The van der Waals surface area contributed by atoms with Gasteiger partial charge in [0.1, 0.15) is 5.75 Å². The van der Waals surface area contributed by atoms with Crippen molar-refractivity contribution in [1.29, 1.82) is 0 Å². The molecule has 3 aromatic heterocycles. The van der Waals surface area contributed by atoms with E-state index in [1.807, 2.05) is 23.6 Å². The Labute approximate surface area is 186 Å². The van der Waals surface area contributed by atoms with Crippen LogP contribution in [-0.4, -0.2) is 40.8 Å². The third kappa shape index (κ3) is 4.02.